The smallest absolute Gasteiger partial charge is 0.417 e. The van der Waals surface area contributed by atoms with Crippen LogP contribution in [0.3, 0.4) is 0 Å². The molecule has 2 rings (SSSR count). The molecule has 1 atom stereocenters. The second kappa shape index (κ2) is 12.2. The summed E-state index contributed by atoms with van der Waals surface area (Å²) < 4.78 is 53.9. The maximum Gasteiger partial charge on any atom is 0.417 e. The molecule has 0 aliphatic heterocycles. The molecule has 1 unspecified atom stereocenters. The lowest BCUT2D eigenvalue weighted by Gasteiger charge is -2.14. The number of esters is 1. The molecule has 0 N–H and O–H groups in total. The van der Waals surface area contributed by atoms with Crippen LogP contribution in [0.15, 0.2) is 29.6 Å². The Labute approximate surface area is 202 Å². The highest BCUT2D eigenvalue weighted by atomic mass is 35.5. The van der Waals surface area contributed by atoms with Gasteiger partial charge in [0.05, 0.1) is 22.4 Å². The monoisotopic (exact) mass is 539 g/mol. The third kappa shape index (κ3) is 7.44. The first-order chi connectivity index (χ1) is 16.0. The average Bonchev–Trinajstić information content (AvgIpc) is 2.77. The summed E-state index contributed by atoms with van der Waals surface area (Å²) in [6.07, 6.45) is -3.73. The quantitative estimate of drug-likeness (QED) is 0.0704. The molecule has 0 saturated heterocycles. The van der Waals surface area contributed by atoms with Crippen LogP contribution in [0.25, 0.3) is 0 Å². The number of aromatic nitrogens is 1. The Morgan fingerprint density at radius 3 is 2.59 bits per heavy atom. The molecule has 0 radical (unpaired) electrons. The molecule has 0 fully saturated rings. The lowest BCUT2D eigenvalue weighted by atomic mass is 10.1. The Balaban J connectivity index is 2.29. The highest BCUT2D eigenvalue weighted by molar-refractivity contribution is 8.49. The molecule has 1 aromatic carbocycles. The van der Waals surface area contributed by atoms with Crippen LogP contribution >= 0.6 is 31.0 Å². The van der Waals surface area contributed by atoms with E-state index in [4.69, 9.17) is 25.4 Å². The van der Waals surface area contributed by atoms with Crippen LogP contribution in [0.4, 0.5) is 18.9 Å². The summed E-state index contributed by atoms with van der Waals surface area (Å²) in [4.78, 5) is 26.1. The zero-order chi connectivity index (χ0) is 25.5. The van der Waals surface area contributed by atoms with Crippen LogP contribution in [-0.2, 0) is 26.4 Å². The van der Waals surface area contributed by atoms with Crippen LogP contribution in [-0.4, -0.2) is 28.2 Å². The van der Waals surface area contributed by atoms with E-state index in [0.717, 1.165) is 11.7 Å². The predicted octanol–water partition coefficient (Wildman–Crippen LogP) is 5.84. The number of halogens is 4. The molecule has 34 heavy (non-hydrogen) atoms. The van der Waals surface area contributed by atoms with Crippen molar-refractivity contribution in [3.63, 3.8) is 0 Å². The molecular formula is C19H18ClF3N3O6PS. The van der Waals surface area contributed by atoms with E-state index in [-0.39, 0.29) is 47.7 Å². The second-order valence-electron chi connectivity index (χ2n) is 6.36. The summed E-state index contributed by atoms with van der Waals surface area (Å²) in [6.45, 7) is 4.90. The lowest BCUT2D eigenvalue weighted by molar-refractivity contribution is -0.383. The molecule has 0 saturated carbocycles. The first-order valence-corrected chi connectivity index (χ1v) is 12.3. The maximum absolute atomic E-state index is 12.8. The van der Waals surface area contributed by atoms with Crippen molar-refractivity contribution < 1.29 is 36.6 Å². The summed E-state index contributed by atoms with van der Waals surface area (Å²) in [7, 11) is -0.356. The Bertz CT molecular complexity index is 1100. The van der Waals surface area contributed by atoms with Gasteiger partial charge in [-0.2, -0.15) is 13.2 Å². The van der Waals surface area contributed by atoms with Crippen molar-refractivity contribution in [2.75, 3.05) is 6.61 Å². The van der Waals surface area contributed by atoms with Crippen molar-refractivity contribution in [2.24, 2.45) is 5.16 Å². The topological polar surface area (TPSA) is 113 Å². The highest BCUT2D eigenvalue weighted by Gasteiger charge is 2.32. The van der Waals surface area contributed by atoms with E-state index >= 15 is 0 Å². The highest BCUT2D eigenvalue weighted by Crippen LogP contribution is 2.39. The van der Waals surface area contributed by atoms with Gasteiger partial charge in [0.1, 0.15) is 22.4 Å². The molecule has 1 heterocycles. The zero-order valence-electron chi connectivity index (χ0n) is 17.9. The van der Waals surface area contributed by atoms with Gasteiger partial charge in [0.15, 0.2) is 5.71 Å². The van der Waals surface area contributed by atoms with E-state index in [1.807, 2.05) is 0 Å². The molecule has 0 amide bonds. The number of pyridine rings is 1. The van der Waals surface area contributed by atoms with Crippen molar-refractivity contribution in [3.05, 3.63) is 50.7 Å². The van der Waals surface area contributed by atoms with Crippen LogP contribution < -0.4 is 10.0 Å². The Hall–Kier alpha value is -2.63. The number of hydrogen-bond donors (Lipinski definition) is 0. The van der Waals surface area contributed by atoms with Gasteiger partial charge in [0.2, 0.25) is 5.88 Å². The van der Waals surface area contributed by atoms with Crippen LogP contribution in [0.5, 0.6) is 11.6 Å². The van der Waals surface area contributed by atoms with Gasteiger partial charge in [-0.1, -0.05) is 23.7 Å². The van der Waals surface area contributed by atoms with Gasteiger partial charge in [-0.05, 0) is 32.4 Å². The molecule has 2 aromatic rings. The van der Waals surface area contributed by atoms with Gasteiger partial charge in [0.25, 0.3) is 5.69 Å². The van der Waals surface area contributed by atoms with Gasteiger partial charge < -0.3 is 13.8 Å². The fourth-order valence-electron chi connectivity index (χ4n) is 2.39. The zero-order valence-corrected chi connectivity index (χ0v) is 20.5. The van der Waals surface area contributed by atoms with Gasteiger partial charge in [-0.15, -0.1) is 0 Å². The number of nitrogens with zero attached hydrogens (tertiary/aromatic N) is 3. The van der Waals surface area contributed by atoms with Gasteiger partial charge in [0, 0.05) is 25.6 Å². The first kappa shape index (κ1) is 27.6. The van der Waals surface area contributed by atoms with E-state index < -0.39 is 22.6 Å². The number of alkyl halides is 3. The number of carbonyl (C=O) groups is 1. The number of ether oxygens (including phenoxy) is 2. The standard InChI is InChI=1S/C19H18ClF3N3O6PS/c1-4-11-6-14(26(28)29)16(33-34-32-25-10(3)18(27)30-5-2)8-15(11)31-17-13(20)7-12(9-24-17)19(21,22)23/h6-9,33H,4-5H2,1-3H3. The molecule has 1 aromatic heterocycles. The minimum absolute atomic E-state index is 0.0398. The van der Waals surface area contributed by atoms with Crippen molar-refractivity contribution in [1.29, 1.82) is 0 Å². The minimum Gasteiger partial charge on any atom is -0.461 e. The van der Waals surface area contributed by atoms with Crippen LogP contribution in [0.2, 0.25) is 5.02 Å². The minimum atomic E-state index is -4.63. The normalized spacial score (nSPS) is 12.1. The largest absolute Gasteiger partial charge is 0.461 e. The van der Waals surface area contributed by atoms with Crippen molar-refractivity contribution in [3.8, 4) is 11.6 Å². The SMILES string of the molecule is CCOC(=O)C(C)=NOSPc1cc(Oc2ncc(C(F)(F)F)cc2Cl)c(CC)cc1[N+](=O)[O-]. The number of oxime groups is 1. The summed E-state index contributed by atoms with van der Waals surface area (Å²) in [5, 5.41) is 15.0. The summed E-state index contributed by atoms with van der Waals surface area (Å²) in [5.41, 5.74) is -0.878. The van der Waals surface area contributed by atoms with E-state index in [0.29, 0.717) is 24.2 Å². The van der Waals surface area contributed by atoms with E-state index in [9.17, 15) is 28.1 Å². The fourth-order valence-corrected chi connectivity index (χ4v) is 4.31. The van der Waals surface area contributed by atoms with Crippen molar-refractivity contribution >= 4 is 53.7 Å². The average molecular weight is 540 g/mol. The number of carbonyl (C=O) groups excluding carboxylic acids is 1. The van der Waals surface area contributed by atoms with Gasteiger partial charge in [-0.25, -0.2) is 9.78 Å². The second-order valence-corrected chi connectivity index (χ2v) is 8.93. The van der Waals surface area contributed by atoms with E-state index in [1.54, 1.807) is 13.8 Å². The first-order valence-electron chi connectivity index (χ1n) is 9.50. The Morgan fingerprint density at radius 1 is 1.32 bits per heavy atom. The number of nitro groups is 1. The Kier molecular flexibility index (Phi) is 9.90. The number of nitro benzene ring substituents is 1. The molecule has 184 valence electrons. The molecule has 0 aliphatic rings. The summed E-state index contributed by atoms with van der Waals surface area (Å²) >= 11 is 6.66. The summed E-state index contributed by atoms with van der Waals surface area (Å²) in [6, 6.07) is 3.34. The third-order valence-corrected chi connectivity index (χ3v) is 6.29. The molecule has 15 heteroatoms. The van der Waals surface area contributed by atoms with Gasteiger partial charge >= 0.3 is 12.1 Å². The number of rotatable bonds is 10. The Morgan fingerprint density at radius 2 is 2.03 bits per heavy atom. The van der Waals surface area contributed by atoms with Crippen molar-refractivity contribution in [1.82, 2.24) is 4.98 Å². The van der Waals surface area contributed by atoms with Crippen LogP contribution in [0, 0.1) is 10.1 Å². The third-order valence-electron chi connectivity index (χ3n) is 4.03. The maximum atomic E-state index is 12.8. The predicted molar refractivity (Wildman–Crippen MR) is 123 cm³/mol. The van der Waals surface area contributed by atoms with Gasteiger partial charge in [-0.3, -0.25) is 10.1 Å². The fraction of sp³-hybridized carbons (Fsp3) is 0.316. The number of aryl methyl sites for hydroxylation is 1. The van der Waals surface area contributed by atoms with E-state index in [2.05, 4.69) is 10.1 Å². The summed E-state index contributed by atoms with van der Waals surface area (Å²) in [5.74, 6) is -0.816. The van der Waals surface area contributed by atoms with Crippen molar-refractivity contribution in [2.45, 2.75) is 33.4 Å². The molecule has 9 nitrogen and oxygen atoms in total. The molecular weight excluding hydrogens is 522 g/mol. The van der Waals surface area contributed by atoms with Crippen LogP contribution in [0.1, 0.15) is 31.9 Å². The lowest BCUT2D eigenvalue weighted by Crippen LogP contribution is -2.13. The molecule has 0 aliphatic carbocycles. The number of hydrogen-bond acceptors (Lipinski definition) is 9. The molecule has 0 spiro atoms. The molecule has 0 bridgehead atoms. The number of benzene rings is 1. The van der Waals surface area contributed by atoms with E-state index in [1.165, 1.54) is 19.1 Å².